The predicted molar refractivity (Wildman–Crippen MR) is 113 cm³/mol. The minimum atomic E-state index is -0.0307. The van der Waals surface area contributed by atoms with Crippen LogP contribution in [0.5, 0.6) is 0 Å². The van der Waals surface area contributed by atoms with Crippen LogP contribution >= 0.6 is 12.2 Å². The van der Waals surface area contributed by atoms with Crippen LogP contribution < -0.4 is 5.32 Å². The number of hydrogen-bond donors (Lipinski definition) is 1. The summed E-state index contributed by atoms with van der Waals surface area (Å²) < 4.78 is 13.8. The second-order valence-electron chi connectivity index (χ2n) is 7.55. The fourth-order valence-corrected chi connectivity index (χ4v) is 4.64. The number of aromatic nitrogens is 2. The van der Waals surface area contributed by atoms with Crippen LogP contribution in [0.15, 0.2) is 65.5 Å². The largest absolute Gasteiger partial charge is 0.467 e. The van der Waals surface area contributed by atoms with Crippen molar-refractivity contribution in [2.45, 2.75) is 44.1 Å². The maximum absolute atomic E-state index is 5.89. The van der Waals surface area contributed by atoms with E-state index >= 15 is 0 Å². The van der Waals surface area contributed by atoms with Gasteiger partial charge < -0.3 is 23.9 Å². The van der Waals surface area contributed by atoms with E-state index in [1.165, 1.54) is 5.69 Å². The summed E-state index contributed by atoms with van der Waals surface area (Å²) >= 11 is 5.74. The summed E-state index contributed by atoms with van der Waals surface area (Å²) in [5, 5.41) is 4.22. The molecule has 5 rings (SSSR count). The minimum Gasteiger partial charge on any atom is -0.467 e. The molecule has 0 saturated carbocycles. The van der Waals surface area contributed by atoms with Crippen LogP contribution in [0, 0.1) is 0 Å². The molecule has 1 N–H and O–H groups in total. The second kappa shape index (κ2) is 8.00. The smallest absolute Gasteiger partial charge is 0.170 e. The first kappa shape index (κ1) is 18.4. The Morgan fingerprint density at radius 3 is 2.90 bits per heavy atom. The average Bonchev–Trinajstić information content (AvgIpc) is 3.53. The van der Waals surface area contributed by atoms with Crippen molar-refractivity contribution in [3.8, 4) is 0 Å². The van der Waals surface area contributed by atoms with Crippen molar-refractivity contribution < 1.29 is 9.15 Å². The van der Waals surface area contributed by atoms with Gasteiger partial charge in [-0.25, -0.2) is 0 Å². The van der Waals surface area contributed by atoms with E-state index in [1.807, 2.05) is 30.5 Å². The van der Waals surface area contributed by atoms with Crippen molar-refractivity contribution in [3.05, 3.63) is 78.3 Å². The van der Waals surface area contributed by atoms with Crippen molar-refractivity contribution in [1.29, 1.82) is 0 Å². The van der Waals surface area contributed by atoms with Gasteiger partial charge in [-0.05, 0) is 61.5 Å². The molecule has 0 radical (unpaired) electrons. The lowest BCUT2D eigenvalue weighted by atomic mass is 10.0. The lowest BCUT2D eigenvalue weighted by Gasteiger charge is -2.28. The molecule has 29 heavy (non-hydrogen) atoms. The van der Waals surface area contributed by atoms with Crippen LogP contribution in [0.25, 0.3) is 0 Å². The SMILES string of the molecule is S=C1N[C@H](c2ccccn2)[C@H](c2cccn2C[C@@H]2CCCO2)N1Cc1ccco1. The second-order valence-corrected chi connectivity index (χ2v) is 7.94. The van der Waals surface area contributed by atoms with Gasteiger partial charge in [0.15, 0.2) is 5.11 Å². The van der Waals surface area contributed by atoms with Crippen LogP contribution in [0.2, 0.25) is 0 Å². The van der Waals surface area contributed by atoms with Gasteiger partial charge in [-0.2, -0.15) is 0 Å². The van der Waals surface area contributed by atoms with Crippen LogP contribution in [0.3, 0.4) is 0 Å². The van der Waals surface area contributed by atoms with E-state index in [9.17, 15) is 0 Å². The molecule has 3 aromatic heterocycles. The number of nitrogens with zero attached hydrogens (tertiary/aromatic N) is 3. The Labute approximate surface area is 175 Å². The van der Waals surface area contributed by atoms with Crippen molar-refractivity contribution in [3.63, 3.8) is 0 Å². The molecule has 6 nitrogen and oxygen atoms in total. The summed E-state index contributed by atoms with van der Waals surface area (Å²) in [6, 6.07) is 14.2. The van der Waals surface area contributed by atoms with Crippen molar-refractivity contribution in [1.82, 2.24) is 19.8 Å². The number of pyridine rings is 1. The molecule has 3 atom stereocenters. The Hall–Kier alpha value is -2.64. The Balaban J connectivity index is 1.51. The monoisotopic (exact) mass is 408 g/mol. The quantitative estimate of drug-likeness (QED) is 0.626. The zero-order chi connectivity index (χ0) is 19.6. The first-order valence-corrected chi connectivity index (χ1v) is 10.5. The molecule has 7 heteroatoms. The average molecular weight is 409 g/mol. The Kier molecular flexibility index (Phi) is 5.08. The zero-order valence-corrected chi connectivity index (χ0v) is 16.9. The molecule has 0 aliphatic carbocycles. The van der Waals surface area contributed by atoms with Crippen LogP contribution in [0.1, 0.15) is 42.1 Å². The number of ether oxygens (including phenoxy) is 1. The van der Waals surface area contributed by atoms with Crippen molar-refractivity contribution in [2.75, 3.05) is 6.61 Å². The number of nitrogens with one attached hydrogen (secondary N) is 1. The zero-order valence-electron chi connectivity index (χ0n) is 16.1. The molecular formula is C22H24N4O2S. The van der Waals surface area contributed by atoms with Gasteiger partial charge in [0.25, 0.3) is 0 Å². The normalized spacial score (nSPS) is 24.2. The third-order valence-electron chi connectivity index (χ3n) is 5.70. The number of rotatable bonds is 6. The first-order chi connectivity index (χ1) is 14.3. The lowest BCUT2D eigenvalue weighted by Crippen LogP contribution is -2.30. The van der Waals surface area contributed by atoms with E-state index < -0.39 is 0 Å². The van der Waals surface area contributed by atoms with Gasteiger partial charge in [0, 0.05) is 31.2 Å². The predicted octanol–water partition coefficient (Wildman–Crippen LogP) is 3.83. The van der Waals surface area contributed by atoms with Crippen molar-refractivity contribution >= 4 is 17.3 Å². The van der Waals surface area contributed by atoms with E-state index in [-0.39, 0.29) is 18.2 Å². The van der Waals surface area contributed by atoms with E-state index in [0.29, 0.717) is 11.7 Å². The standard InChI is InChI=1S/C22H24N4O2S/c29-22-24-20(18-8-1-2-10-23-18)21(26(22)15-17-7-5-13-28-17)19-9-3-11-25(19)14-16-6-4-12-27-16/h1-3,5,7-11,13,16,20-21H,4,6,12,14-15H2,(H,24,29)/t16-,20+,21-/m0/s1. The third-order valence-corrected chi connectivity index (χ3v) is 6.05. The summed E-state index contributed by atoms with van der Waals surface area (Å²) in [4.78, 5) is 6.82. The molecule has 2 aliphatic heterocycles. The summed E-state index contributed by atoms with van der Waals surface area (Å²) in [5.41, 5.74) is 2.18. The Morgan fingerprint density at radius 1 is 1.17 bits per heavy atom. The van der Waals surface area contributed by atoms with Crippen LogP contribution in [-0.4, -0.2) is 32.3 Å². The molecule has 0 aromatic carbocycles. The molecule has 5 heterocycles. The third kappa shape index (κ3) is 3.68. The molecule has 0 amide bonds. The molecule has 0 bridgehead atoms. The van der Waals surface area contributed by atoms with E-state index in [2.05, 4.69) is 44.2 Å². The number of hydrogen-bond acceptors (Lipinski definition) is 4. The van der Waals surface area contributed by atoms with Gasteiger partial charge >= 0.3 is 0 Å². The summed E-state index contributed by atoms with van der Waals surface area (Å²) in [6.45, 7) is 2.32. The lowest BCUT2D eigenvalue weighted by molar-refractivity contribution is 0.0952. The fraction of sp³-hybridized carbons (Fsp3) is 0.364. The molecule has 150 valence electrons. The molecule has 3 aromatic rings. The maximum atomic E-state index is 5.89. The number of thiocarbonyl (C=S) groups is 1. The highest BCUT2D eigenvalue weighted by Crippen LogP contribution is 2.39. The minimum absolute atomic E-state index is 0.0129. The molecule has 2 aliphatic rings. The molecule has 0 spiro atoms. The number of furan rings is 1. The highest BCUT2D eigenvalue weighted by molar-refractivity contribution is 7.80. The van der Waals surface area contributed by atoms with Crippen molar-refractivity contribution in [2.24, 2.45) is 0 Å². The van der Waals surface area contributed by atoms with Gasteiger partial charge in [0.05, 0.1) is 36.7 Å². The van der Waals surface area contributed by atoms with Gasteiger partial charge in [-0.3, -0.25) is 4.98 Å². The van der Waals surface area contributed by atoms with E-state index in [4.69, 9.17) is 21.4 Å². The molecule has 2 saturated heterocycles. The van der Waals surface area contributed by atoms with Gasteiger partial charge in [0.1, 0.15) is 5.76 Å². The van der Waals surface area contributed by atoms with Gasteiger partial charge in [0.2, 0.25) is 0 Å². The summed E-state index contributed by atoms with van der Waals surface area (Å²) in [6.07, 6.45) is 8.19. The van der Waals surface area contributed by atoms with Gasteiger partial charge in [-0.1, -0.05) is 6.07 Å². The van der Waals surface area contributed by atoms with E-state index in [1.54, 1.807) is 6.26 Å². The van der Waals surface area contributed by atoms with E-state index in [0.717, 1.165) is 37.4 Å². The topological polar surface area (TPSA) is 55.5 Å². The Morgan fingerprint density at radius 2 is 2.14 bits per heavy atom. The highest BCUT2D eigenvalue weighted by atomic mass is 32.1. The summed E-state index contributed by atoms with van der Waals surface area (Å²) in [7, 11) is 0. The molecule has 2 fully saturated rings. The fourth-order valence-electron chi connectivity index (χ4n) is 4.34. The van der Waals surface area contributed by atoms with Crippen LogP contribution in [0.4, 0.5) is 0 Å². The molecular weight excluding hydrogens is 384 g/mol. The Bertz CT molecular complexity index is 950. The summed E-state index contributed by atoms with van der Waals surface area (Å²) in [5.74, 6) is 0.887. The molecule has 0 unspecified atom stereocenters. The first-order valence-electron chi connectivity index (χ1n) is 10.1. The maximum Gasteiger partial charge on any atom is 0.170 e. The van der Waals surface area contributed by atoms with Crippen LogP contribution in [-0.2, 0) is 17.8 Å². The van der Waals surface area contributed by atoms with Gasteiger partial charge in [-0.15, -0.1) is 0 Å². The highest BCUT2D eigenvalue weighted by Gasteiger charge is 2.41.